The molecule has 1 saturated heterocycles. The van der Waals surface area contributed by atoms with Gasteiger partial charge >= 0.3 is 12.1 Å². The number of hydrogen-bond donors (Lipinski definition) is 1. The molecule has 1 aliphatic heterocycles. The third kappa shape index (κ3) is 3.44. The summed E-state index contributed by atoms with van der Waals surface area (Å²) in [5.74, 6) is 0.261. The first-order chi connectivity index (χ1) is 10.7. The number of cyclic esters (lactones) is 1. The van der Waals surface area contributed by atoms with Crippen molar-refractivity contribution < 1.29 is 19.1 Å². The highest BCUT2D eigenvalue weighted by Crippen LogP contribution is 2.28. The van der Waals surface area contributed by atoms with E-state index in [2.05, 4.69) is 5.32 Å². The van der Waals surface area contributed by atoms with Crippen molar-refractivity contribution in [2.45, 2.75) is 12.3 Å². The zero-order valence-corrected chi connectivity index (χ0v) is 11.8. The third-order valence-electron chi connectivity index (χ3n) is 3.42. The highest BCUT2D eigenvalue weighted by atomic mass is 16.6. The molecule has 2 aromatic carbocycles. The van der Waals surface area contributed by atoms with Gasteiger partial charge in [-0.3, -0.25) is 10.1 Å². The summed E-state index contributed by atoms with van der Waals surface area (Å²) in [7, 11) is 0. The number of benzene rings is 2. The van der Waals surface area contributed by atoms with Crippen molar-refractivity contribution in [3.05, 3.63) is 60.2 Å². The number of rotatable bonds is 3. The van der Waals surface area contributed by atoms with Gasteiger partial charge in [-0.15, -0.1) is 0 Å². The van der Waals surface area contributed by atoms with Crippen LogP contribution in [0.2, 0.25) is 0 Å². The van der Waals surface area contributed by atoms with E-state index >= 15 is 0 Å². The largest absolute Gasteiger partial charge is 0.465 e. The van der Waals surface area contributed by atoms with E-state index < -0.39 is 6.09 Å². The maximum absolute atomic E-state index is 11.9. The molecule has 3 rings (SSSR count). The molecule has 2 aromatic rings. The van der Waals surface area contributed by atoms with Gasteiger partial charge in [-0.05, 0) is 29.8 Å². The number of amides is 1. The summed E-state index contributed by atoms with van der Waals surface area (Å²) >= 11 is 0. The smallest absolute Gasteiger partial charge is 0.417 e. The summed E-state index contributed by atoms with van der Waals surface area (Å²) in [6.07, 6.45) is -0.193. The molecule has 1 fully saturated rings. The second kappa shape index (κ2) is 6.30. The molecule has 22 heavy (non-hydrogen) atoms. The molecule has 5 nitrogen and oxygen atoms in total. The topological polar surface area (TPSA) is 64.6 Å². The van der Waals surface area contributed by atoms with Crippen LogP contribution >= 0.6 is 0 Å². The average molecular weight is 297 g/mol. The molecule has 1 amide bonds. The van der Waals surface area contributed by atoms with Gasteiger partial charge in [0.05, 0.1) is 13.0 Å². The Labute approximate surface area is 127 Å². The van der Waals surface area contributed by atoms with Crippen molar-refractivity contribution >= 4 is 17.7 Å². The lowest BCUT2D eigenvalue weighted by molar-refractivity contribution is -0.137. The van der Waals surface area contributed by atoms with Crippen LogP contribution in [0.3, 0.4) is 0 Å². The van der Waals surface area contributed by atoms with Crippen molar-refractivity contribution in [2.75, 3.05) is 11.9 Å². The zero-order valence-electron chi connectivity index (χ0n) is 11.8. The quantitative estimate of drug-likeness (QED) is 0.883. The van der Waals surface area contributed by atoms with Crippen LogP contribution in [-0.4, -0.2) is 18.7 Å². The predicted molar refractivity (Wildman–Crippen MR) is 80.8 cm³/mol. The first-order valence-electron chi connectivity index (χ1n) is 7.00. The van der Waals surface area contributed by atoms with Gasteiger partial charge in [0, 0.05) is 11.6 Å². The molecule has 0 bridgehead atoms. The highest BCUT2D eigenvalue weighted by Gasteiger charge is 2.25. The summed E-state index contributed by atoms with van der Waals surface area (Å²) in [5, 5.41) is 2.65. The Kier molecular flexibility index (Phi) is 4.05. The molecule has 0 aromatic heterocycles. The van der Waals surface area contributed by atoms with Gasteiger partial charge in [0.15, 0.2) is 0 Å². The first-order valence-corrected chi connectivity index (χ1v) is 7.00. The van der Waals surface area contributed by atoms with Crippen molar-refractivity contribution in [2.24, 2.45) is 0 Å². The third-order valence-corrected chi connectivity index (χ3v) is 3.42. The molecule has 1 N–H and O–H groups in total. The lowest BCUT2D eigenvalue weighted by atomic mass is 9.98. The summed E-state index contributed by atoms with van der Waals surface area (Å²) in [6, 6.07) is 16.2. The normalized spacial score (nSPS) is 16.9. The van der Waals surface area contributed by atoms with E-state index in [4.69, 9.17) is 9.47 Å². The number of hydrogen-bond acceptors (Lipinski definition) is 4. The monoisotopic (exact) mass is 297 g/mol. The lowest BCUT2D eigenvalue weighted by Gasteiger charge is -2.10. The van der Waals surface area contributed by atoms with E-state index in [1.54, 1.807) is 30.3 Å². The van der Waals surface area contributed by atoms with Gasteiger partial charge in [-0.1, -0.05) is 30.3 Å². The predicted octanol–water partition coefficient (Wildman–Crippen LogP) is 3.33. The molecule has 112 valence electrons. The first kappa shape index (κ1) is 14.1. The maximum Gasteiger partial charge on any atom is 0.417 e. The molecule has 1 atom stereocenters. The van der Waals surface area contributed by atoms with Crippen molar-refractivity contribution in [1.29, 1.82) is 0 Å². The zero-order chi connectivity index (χ0) is 15.4. The second-order valence-corrected chi connectivity index (χ2v) is 5.04. The Hall–Kier alpha value is -2.82. The minimum Gasteiger partial charge on any atom is -0.465 e. The summed E-state index contributed by atoms with van der Waals surface area (Å²) in [6.45, 7) is 0.374. The lowest BCUT2D eigenvalue weighted by Crippen LogP contribution is -2.16. The molecule has 0 spiro atoms. The minimum absolute atomic E-state index is 0.0215. The molecular weight excluding hydrogens is 282 g/mol. The number of carbonyl (C=O) groups is 2. The van der Waals surface area contributed by atoms with E-state index in [1.807, 2.05) is 24.3 Å². The van der Waals surface area contributed by atoms with Crippen LogP contribution in [0.25, 0.3) is 0 Å². The van der Waals surface area contributed by atoms with Crippen LogP contribution in [0.15, 0.2) is 54.6 Å². The van der Waals surface area contributed by atoms with Crippen LogP contribution in [0.4, 0.5) is 10.5 Å². The van der Waals surface area contributed by atoms with Gasteiger partial charge in [0.1, 0.15) is 5.75 Å². The number of nitrogens with one attached hydrogen (secondary N) is 1. The summed E-state index contributed by atoms with van der Waals surface area (Å²) < 4.78 is 10.2. The fourth-order valence-electron chi connectivity index (χ4n) is 2.33. The molecule has 1 aliphatic rings. The van der Waals surface area contributed by atoms with E-state index in [0.717, 1.165) is 5.56 Å². The van der Waals surface area contributed by atoms with E-state index in [-0.39, 0.29) is 11.9 Å². The Bertz CT molecular complexity index is 684. The Morgan fingerprint density at radius 1 is 1.14 bits per heavy atom. The minimum atomic E-state index is -0.554. The Morgan fingerprint density at radius 2 is 1.95 bits per heavy atom. The number of esters is 1. The molecule has 0 radical (unpaired) electrons. The van der Waals surface area contributed by atoms with Gasteiger partial charge < -0.3 is 9.47 Å². The maximum atomic E-state index is 11.9. The van der Waals surface area contributed by atoms with Crippen molar-refractivity contribution in [1.82, 2.24) is 0 Å². The van der Waals surface area contributed by atoms with Crippen LogP contribution in [-0.2, 0) is 9.53 Å². The SMILES string of the molecule is O=C1C[C@H](c2cccc(OC(=O)Nc3ccccc3)c2)CO1. The van der Waals surface area contributed by atoms with Crippen molar-refractivity contribution in [3.63, 3.8) is 0 Å². The summed E-state index contributed by atoms with van der Waals surface area (Å²) in [5.41, 5.74) is 1.59. The van der Waals surface area contributed by atoms with E-state index in [0.29, 0.717) is 24.5 Å². The molecule has 0 aliphatic carbocycles. The highest BCUT2D eigenvalue weighted by molar-refractivity contribution is 5.86. The van der Waals surface area contributed by atoms with Crippen LogP contribution in [0.5, 0.6) is 5.75 Å². The number of para-hydroxylation sites is 1. The fourth-order valence-corrected chi connectivity index (χ4v) is 2.33. The Balaban J connectivity index is 1.65. The van der Waals surface area contributed by atoms with Gasteiger partial charge in [-0.25, -0.2) is 4.79 Å². The van der Waals surface area contributed by atoms with E-state index in [9.17, 15) is 9.59 Å². The van der Waals surface area contributed by atoms with Gasteiger partial charge in [-0.2, -0.15) is 0 Å². The molecule has 1 heterocycles. The number of carbonyl (C=O) groups excluding carboxylic acids is 2. The van der Waals surface area contributed by atoms with Crippen LogP contribution < -0.4 is 10.1 Å². The van der Waals surface area contributed by atoms with Gasteiger partial charge in [0.25, 0.3) is 0 Å². The van der Waals surface area contributed by atoms with Crippen LogP contribution in [0.1, 0.15) is 17.9 Å². The molecule has 0 saturated carbocycles. The standard InChI is InChI=1S/C17H15NO4/c19-16-10-13(11-21-16)12-5-4-8-15(9-12)22-17(20)18-14-6-2-1-3-7-14/h1-9,13H,10-11H2,(H,18,20)/t13-/m0/s1. The molecule has 0 unspecified atom stereocenters. The molecular formula is C17H15NO4. The number of ether oxygens (including phenoxy) is 2. The fraction of sp³-hybridized carbons (Fsp3) is 0.176. The van der Waals surface area contributed by atoms with Crippen LogP contribution in [0, 0.1) is 0 Å². The Morgan fingerprint density at radius 3 is 2.68 bits per heavy atom. The summed E-state index contributed by atoms with van der Waals surface area (Å²) in [4.78, 5) is 23.0. The van der Waals surface area contributed by atoms with Crippen molar-refractivity contribution in [3.8, 4) is 5.75 Å². The van der Waals surface area contributed by atoms with E-state index in [1.165, 1.54) is 0 Å². The number of anilines is 1. The average Bonchev–Trinajstić information content (AvgIpc) is 2.95. The second-order valence-electron chi connectivity index (χ2n) is 5.04. The van der Waals surface area contributed by atoms with Gasteiger partial charge in [0.2, 0.25) is 0 Å². The molecule has 5 heteroatoms.